The Hall–Kier alpha value is -2.34. The molecule has 122 valence electrons. The van der Waals surface area contributed by atoms with Gasteiger partial charge in [0.1, 0.15) is 5.75 Å². The third-order valence-electron chi connectivity index (χ3n) is 3.21. The highest BCUT2D eigenvalue weighted by Crippen LogP contribution is 2.19. The molecule has 1 N–H and O–H groups in total. The standard InChI is InChI=1S/C17H20N2O3S/c1-3-22-15-8-6-14(7-9-15)19(13(2)20)11-10-18-17(21)16-5-4-12-23-16/h4-9,12H,3,10-11H2,1-2H3,(H,18,21). The minimum Gasteiger partial charge on any atom is -0.494 e. The van der Waals surface area contributed by atoms with E-state index < -0.39 is 0 Å². The highest BCUT2D eigenvalue weighted by atomic mass is 32.1. The van der Waals surface area contributed by atoms with E-state index in [4.69, 9.17) is 4.74 Å². The van der Waals surface area contributed by atoms with Gasteiger partial charge in [-0.05, 0) is 42.6 Å². The molecule has 6 heteroatoms. The minimum absolute atomic E-state index is 0.0699. The molecule has 1 heterocycles. The van der Waals surface area contributed by atoms with Crippen molar-refractivity contribution >= 4 is 28.8 Å². The lowest BCUT2D eigenvalue weighted by molar-refractivity contribution is -0.116. The number of nitrogens with one attached hydrogen (secondary N) is 1. The Kier molecular flexibility index (Phi) is 6.17. The number of amides is 2. The Morgan fingerprint density at radius 3 is 2.52 bits per heavy atom. The Bertz CT molecular complexity index is 638. The highest BCUT2D eigenvalue weighted by Gasteiger charge is 2.12. The number of rotatable bonds is 7. The summed E-state index contributed by atoms with van der Waals surface area (Å²) in [5.74, 6) is 0.584. The van der Waals surface area contributed by atoms with Crippen molar-refractivity contribution in [3.05, 3.63) is 46.7 Å². The lowest BCUT2D eigenvalue weighted by atomic mass is 10.2. The van der Waals surface area contributed by atoms with Gasteiger partial charge in [0.15, 0.2) is 0 Å². The summed E-state index contributed by atoms with van der Waals surface area (Å²) >= 11 is 1.39. The molecule has 0 radical (unpaired) electrons. The fraction of sp³-hybridized carbons (Fsp3) is 0.294. The smallest absolute Gasteiger partial charge is 0.261 e. The molecule has 0 atom stereocenters. The molecule has 0 saturated carbocycles. The summed E-state index contributed by atoms with van der Waals surface area (Å²) in [5.41, 5.74) is 0.784. The van der Waals surface area contributed by atoms with Crippen LogP contribution in [0.1, 0.15) is 23.5 Å². The van der Waals surface area contributed by atoms with E-state index in [0.29, 0.717) is 24.6 Å². The normalized spacial score (nSPS) is 10.2. The molecule has 0 spiro atoms. The fourth-order valence-electron chi connectivity index (χ4n) is 2.13. The lowest BCUT2D eigenvalue weighted by Gasteiger charge is -2.21. The van der Waals surface area contributed by atoms with Crippen LogP contribution >= 0.6 is 11.3 Å². The molecule has 0 aliphatic carbocycles. The van der Waals surface area contributed by atoms with Gasteiger partial charge >= 0.3 is 0 Å². The van der Waals surface area contributed by atoms with Crippen molar-refractivity contribution in [3.8, 4) is 5.75 Å². The Morgan fingerprint density at radius 1 is 1.22 bits per heavy atom. The van der Waals surface area contributed by atoms with Crippen molar-refractivity contribution in [2.45, 2.75) is 13.8 Å². The maximum absolute atomic E-state index is 11.9. The maximum Gasteiger partial charge on any atom is 0.261 e. The van der Waals surface area contributed by atoms with Crippen LogP contribution in [0.5, 0.6) is 5.75 Å². The summed E-state index contributed by atoms with van der Waals surface area (Å²) in [6, 6.07) is 11.0. The van der Waals surface area contributed by atoms with Crippen molar-refractivity contribution in [2.24, 2.45) is 0 Å². The van der Waals surface area contributed by atoms with E-state index in [0.717, 1.165) is 11.4 Å². The number of anilines is 1. The summed E-state index contributed by atoms with van der Waals surface area (Å²) in [4.78, 5) is 26.0. The number of hydrogen-bond donors (Lipinski definition) is 1. The number of carbonyl (C=O) groups is 2. The molecule has 0 saturated heterocycles. The Labute approximate surface area is 139 Å². The number of thiophene rings is 1. The molecule has 0 bridgehead atoms. The molecule has 0 aliphatic heterocycles. The van der Waals surface area contributed by atoms with Gasteiger partial charge in [0.05, 0.1) is 11.5 Å². The third kappa shape index (κ3) is 4.82. The average Bonchev–Trinajstić information content (AvgIpc) is 3.07. The predicted molar refractivity (Wildman–Crippen MR) is 92.3 cm³/mol. The first kappa shape index (κ1) is 17.0. The molecule has 2 rings (SSSR count). The van der Waals surface area contributed by atoms with Gasteiger partial charge in [-0.2, -0.15) is 0 Å². The van der Waals surface area contributed by atoms with E-state index >= 15 is 0 Å². The van der Waals surface area contributed by atoms with Gasteiger partial charge in [-0.25, -0.2) is 0 Å². The van der Waals surface area contributed by atoms with Crippen molar-refractivity contribution in [1.29, 1.82) is 0 Å². The Balaban J connectivity index is 1.93. The highest BCUT2D eigenvalue weighted by molar-refractivity contribution is 7.12. The van der Waals surface area contributed by atoms with Gasteiger partial charge in [-0.3, -0.25) is 9.59 Å². The van der Waals surface area contributed by atoms with Crippen LogP contribution in [0.25, 0.3) is 0 Å². The summed E-state index contributed by atoms with van der Waals surface area (Å²) in [5, 5.41) is 4.68. The van der Waals surface area contributed by atoms with Gasteiger partial charge in [-0.1, -0.05) is 6.07 Å². The van der Waals surface area contributed by atoms with Gasteiger partial charge < -0.3 is 15.0 Å². The molecule has 0 aliphatic rings. The summed E-state index contributed by atoms with van der Waals surface area (Å²) < 4.78 is 5.40. The van der Waals surface area contributed by atoms with Crippen LogP contribution in [0.4, 0.5) is 5.69 Å². The molecule has 5 nitrogen and oxygen atoms in total. The third-order valence-corrected chi connectivity index (χ3v) is 4.07. The summed E-state index contributed by atoms with van der Waals surface area (Å²) in [7, 11) is 0. The van der Waals surface area contributed by atoms with Crippen LogP contribution in [0, 0.1) is 0 Å². The van der Waals surface area contributed by atoms with E-state index in [-0.39, 0.29) is 11.8 Å². The predicted octanol–water partition coefficient (Wildman–Crippen LogP) is 2.93. The number of ether oxygens (including phenoxy) is 1. The number of carbonyl (C=O) groups excluding carboxylic acids is 2. The number of nitrogens with zero attached hydrogens (tertiary/aromatic N) is 1. The van der Waals surface area contributed by atoms with E-state index in [1.165, 1.54) is 18.3 Å². The summed E-state index contributed by atoms with van der Waals surface area (Å²) in [6.45, 7) is 4.85. The van der Waals surface area contributed by atoms with Crippen molar-refractivity contribution in [3.63, 3.8) is 0 Å². The monoisotopic (exact) mass is 332 g/mol. The van der Waals surface area contributed by atoms with Crippen LogP contribution in [0.2, 0.25) is 0 Å². The molecular weight excluding hydrogens is 312 g/mol. The lowest BCUT2D eigenvalue weighted by Crippen LogP contribution is -2.37. The Morgan fingerprint density at radius 2 is 1.96 bits per heavy atom. The van der Waals surface area contributed by atoms with Gasteiger partial charge in [-0.15, -0.1) is 11.3 Å². The van der Waals surface area contributed by atoms with E-state index in [9.17, 15) is 9.59 Å². The molecule has 23 heavy (non-hydrogen) atoms. The second kappa shape index (κ2) is 8.33. The SMILES string of the molecule is CCOc1ccc(N(CCNC(=O)c2cccs2)C(C)=O)cc1. The topological polar surface area (TPSA) is 58.6 Å². The first-order chi connectivity index (χ1) is 11.1. The first-order valence-electron chi connectivity index (χ1n) is 7.44. The van der Waals surface area contributed by atoms with Crippen LogP contribution < -0.4 is 15.0 Å². The second-order valence-corrected chi connectivity index (χ2v) is 5.78. The molecule has 1 aromatic carbocycles. The van der Waals surface area contributed by atoms with Crippen molar-refractivity contribution in [2.75, 3.05) is 24.6 Å². The zero-order chi connectivity index (χ0) is 16.7. The van der Waals surface area contributed by atoms with E-state index in [1.54, 1.807) is 11.0 Å². The summed E-state index contributed by atoms with van der Waals surface area (Å²) in [6.07, 6.45) is 0. The quantitative estimate of drug-likeness (QED) is 0.848. The zero-order valence-corrected chi connectivity index (χ0v) is 14.1. The van der Waals surface area contributed by atoms with Gasteiger partial charge in [0.25, 0.3) is 5.91 Å². The number of hydrogen-bond acceptors (Lipinski definition) is 4. The van der Waals surface area contributed by atoms with Gasteiger partial charge in [0.2, 0.25) is 5.91 Å². The second-order valence-electron chi connectivity index (χ2n) is 4.83. The molecule has 1 aromatic heterocycles. The molecular formula is C17H20N2O3S. The molecule has 2 aromatic rings. The van der Waals surface area contributed by atoms with Crippen LogP contribution in [-0.4, -0.2) is 31.5 Å². The molecule has 2 amide bonds. The van der Waals surface area contributed by atoms with E-state index in [2.05, 4.69) is 5.32 Å². The fourth-order valence-corrected chi connectivity index (χ4v) is 2.77. The van der Waals surface area contributed by atoms with E-state index in [1.807, 2.05) is 42.6 Å². The largest absolute Gasteiger partial charge is 0.494 e. The minimum atomic E-state index is -0.116. The van der Waals surface area contributed by atoms with Crippen molar-refractivity contribution in [1.82, 2.24) is 5.32 Å². The van der Waals surface area contributed by atoms with Crippen LogP contribution in [0.3, 0.4) is 0 Å². The number of benzene rings is 1. The van der Waals surface area contributed by atoms with Crippen LogP contribution in [0.15, 0.2) is 41.8 Å². The van der Waals surface area contributed by atoms with Crippen LogP contribution in [-0.2, 0) is 4.79 Å². The van der Waals surface area contributed by atoms with Crippen molar-refractivity contribution < 1.29 is 14.3 Å². The maximum atomic E-state index is 11.9. The first-order valence-corrected chi connectivity index (χ1v) is 8.32. The van der Waals surface area contributed by atoms with Gasteiger partial charge in [0, 0.05) is 25.7 Å². The molecule has 0 fully saturated rings. The zero-order valence-electron chi connectivity index (χ0n) is 13.2. The average molecular weight is 332 g/mol. The molecule has 0 unspecified atom stereocenters.